The van der Waals surface area contributed by atoms with E-state index in [-0.39, 0.29) is 42.9 Å². The molecule has 0 aliphatic carbocycles. The number of ketones is 1. The summed E-state index contributed by atoms with van der Waals surface area (Å²) in [4.78, 5) is 46.0. The van der Waals surface area contributed by atoms with Gasteiger partial charge in [0.1, 0.15) is 11.9 Å². The molecule has 25 heavy (non-hydrogen) atoms. The largest absolute Gasteiger partial charge is 0.396 e. The molecule has 0 fully saturated rings. The molecule has 0 aliphatic heterocycles. The van der Waals surface area contributed by atoms with E-state index in [1.165, 1.54) is 6.92 Å². The number of rotatable bonds is 11. The molecule has 0 saturated carbocycles. The Morgan fingerprint density at radius 3 is 2.24 bits per heavy atom. The first kappa shape index (κ1) is 23.5. The number of hydrogen-bond acceptors (Lipinski definition) is 7. The van der Waals surface area contributed by atoms with Crippen LogP contribution in [0.3, 0.4) is 0 Å². The Morgan fingerprint density at radius 2 is 1.72 bits per heavy atom. The summed E-state index contributed by atoms with van der Waals surface area (Å²) >= 11 is 0.992. The molecule has 0 aromatic heterocycles. The molecule has 0 aromatic carbocycles. The van der Waals surface area contributed by atoms with Gasteiger partial charge in [0.15, 0.2) is 5.12 Å². The van der Waals surface area contributed by atoms with Gasteiger partial charge in [-0.1, -0.05) is 25.6 Å². The van der Waals surface area contributed by atoms with Crippen molar-refractivity contribution < 1.29 is 29.4 Å². The third-order valence-electron chi connectivity index (χ3n) is 3.68. The molecule has 0 bridgehead atoms. The summed E-state index contributed by atoms with van der Waals surface area (Å²) in [6, 6.07) is 0. The van der Waals surface area contributed by atoms with Crippen molar-refractivity contribution in [1.82, 2.24) is 10.6 Å². The van der Waals surface area contributed by atoms with Crippen molar-refractivity contribution in [2.24, 2.45) is 11.3 Å². The summed E-state index contributed by atoms with van der Waals surface area (Å²) in [6.45, 7) is 5.99. The molecule has 4 N–H and O–H groups in total. The van der Waals surface area contributed by atoms with Gasteiger partial charge < -0.3 is 20.8 Å². The van der Waals surface area contributed by atoms with E-state index in [1.807, 2.05) is 0 Å². The highest BCUT2D eigenvalue weighted by Gasteiger charge is 2.32. The predicted octanol–water partition coefficient (Wildman–Crippen LogP) is -0.527. The van der Waals surface area contributed by atoms with E-state index in [2.05, 4.69) is 10.6 Å². The smallest absolute Gasteiger partial charge is 0.249 e. The Balaban J connectivity index is 3.94. The first-order chi connectivity index (χ1) is 11.5. The summed E-state index contributed by atoms with van der Waals surface area (Å²) in [5, 5.41) is 23.7. The first-order valence-corrected chi connectivity index (χ1v) is 9.02. The van der Waals surface area contributed by atoms with Gasteiger partial charge >= 0.3 is 0 Å². The number of carbonyl (C=O) groups is 4. The fraction of sp³-hybridized carbons (Fsp3) is 0.750. The fourth-order valence-electron chi connectivity index (χ4n) is 1.56. The number of nitrogens with one attached hydrogen (secondary N) is 2. The minimum Gasteiger partial charge on any atom is -0.396 e. The van der Waals surface area contributed by atoms with Crippen LogP contribution in [-0.4, -0.2) is 64.5 Å². The van der Waals surface area contributed by atoms with E-state index >= 15 is 0 Å². The van der Waals surface area contributed by atoms with E-state index < -0.39 is 23.3 Å². The maximum Gasteiger partial charge on any atom is 0.249 e. The van der Waals surface area contributed by atoms with Crippen LogP contribution in [0.2, 0.25) is 0 Å². The number of Topliss-reactive ketones (excluding diaryl/α,β-unsaturated/α-hetero) is 1. The highest BCUT2D eigenvalue weighted by molar-refractivity contribution is 8.13. The number of carbonyl (C=O) groups excluding carboxylic acids is 4. The van der Waals surface area contributed by atoms with Gasteiger partial charge in [0.25, 0.3) is 0 Å². The molecule has 144 valence electrons. The Bertz CT molecular complexity index is 495. The molecule has 0 aliphatic rings. The van der Waals surface area contributed by atoms with Gasteiger partial charge in [-0.05, 0) is 13.8 Å². The van der Waals surface area contributed by atoms with Crippen LogP contribution in [0.4, 0.5) is 0 Å². The molecule has 0 radical (unpaired) electrons. The lowest BCUT2D eigenvalue weighted by Gasteiger charge is -2.27. The first-order valence-electron chi connectivity index (χ1n) is 8.03. The molecule has 0 rings (SSSR count). The molecular weight excluding hydrogens is 348 g/mol. The van der Waals surface area contributed by atoms with Crippen molar-refractivity contribution in [3.8, 4) is 0 Å². The van der Waals surface area contributed by atoms with E-state index in [0.29, 0.717) is 5.75 Å². The second-order valence-electron chi connectivity index (χ2n) is 6.44. The zero-order valence-electron chi connectivity index (χ0n) is 15.1. The van der Waals surface area contributed by atoms with Gasteiger partial charge in [0.05, 0.1) is 12.5 Å². The number of thioether (sulfide) groups is 1. The molecule has 0 spiro atoms. The number of aliphatic hydroxyl groups excluding tert-OH is 2. The molecule has 0 heterocycles. The van der Waals surface area contributed by atoms with Crippen molar-refractivity contribution in [3.05, 3.63) is 0 Å². The third-order valence-corrected chi connectivity index (χ3v) is 4.73. The molecule has 2 amide bonds. The van der Waals surface area contributed by atoms with Crippen LogP contribution in [0.25, 0.3) is 0 Å². The van der Waals surface area contributed by atoms with Crippen molar-refractivity contribution in [1.29, 1.82) is 0 Å². The molecule has 1 unspecified atom stereocenters. The van der Waals surface area contributed by atoms with Crippen molar-refractivity contribution in [2.75, 3.05) is 25.4 Å². The molecule has 9 heteroatoms. The molecule has 0 saturated heterocycles. The van der Waals surface area contributed by atoms with Crippen LogP contribution in [0.1, 0.15) is 34.1 Å². The number of amides is 2. The van der Waals surface area contributed by atoms with Gasteiger partial charge in [-0.15, -0.1) is 0 Å². The van der Waals surface area contributed by atoms with Gasteiger partial charge in [0.2, 0.25) is 11.8 Å². The van der Waals surface area contributed by atoms with E-state index in [4.69, 9.17) is 5.11 Å². The average molecular weight is 376 g/mol. The SMILES string of the molecule is CC(=O)C(C)C(=O)SCCNC(=O)CCNC(=O)[C@H](O)C(C)(C)CO. The normalized spacial score (nSPS) is 13.7. The molecule has 8 nitrogen and oxygen atoms in total. The lowest BCUT2D eigenvalue weighted by Crippen LogP contribution is -2.46. The van der Waals surface area contributed by atoms with Crippen LogP contribution in [0.15, 0.2) is 0 Å². The predicted molar refractivity (Wildman–Crippen MR) is 94.8 cm³/mol. The summed E-state index contributed by atoms with van der Waals surface area (Å²) < 4.78 is 0. The number of aliphatic hydroxyl groups is 2. The third kappa shape index (κ3) is 8.99. The zero-order valence-corrected chi connectivity index (χ0v) is 15.9. The fourth-order valence-corrected chi connectivity index (χ4v) is 2.38. The van der Waals surface area contributed by atoms with Crippen LogP contribution >= 0.6 is 11.8 Å². The molecular formula is C16H28N2O6S. The van der Waals surface area contributed by atoms with Gasteiger partial charge in [-0.25, -0.2) is 0 Å². The highest BCUT2D eigenvalue weighted by Crippen LogP contribution is 2.19. The summed E-state index contributed by atoms with van der Waals surface area (Å²) in [7, 11) is 0. The van der Waals surface area contributed by atoms with Crippen LogP contribution in [0, 0.1) is 11.3 Å². The Hall–Kier alpha value is -1.45. The van der Waals surface area contributed by atoms with Gasteiger partial charge in [0, 0.05) is 30.7 Å². The van der Waals surface area contributed by atoms with E-state index in [1.54, 1.807) is 20.8 Å². The molecule has 0 aromatic rings. The maximum atomic E-state index is 11.7. The van der Waals surface area contributed by atoms with Crippen LogP contribution < -0.4 is 10.6 Å². The monoisotopic (exact) mass is 376 g/mol. The average Bonchev–Trinajstić information content (AvgIpc) is 2.56. The minimum atomic E-state index is -1.37. The van der Waals surface area contributed by atoms with Gasteiger partial charge in [-0.2, -0.15) is 0 Å². The Kier molecular flexibility index (Phi) is 10.6. The minimum absolute atomic E-state index is 0.0282. The Morgan fingerprint density at radius 1 is 1.12 bits per heavy atom. The maximum absolute atomic E-state index is 11.7. The highest BCUT2D eigenvalue weighted by atomic mass is 32.2. The Labute approximate surface area is 152 Å². The summed E-state index contributed by atoms with van der Waals surface area (Å²) in [6.07, 6.45) is -1.34. The summed E-state index contributed by atoms with van der Waals surface area (Å²) in [5.74, 6) is -1.43. The van der Waals surface area contributed by atoms with Crippen LogP contribution in [0.5, 0.6) is 0 Å². The van der Waals surface area contributed by atoms with Gasteiger partial charge in [-0.3, -0.25) is 19.2 Å². The topological polar surface area (TPSA) is 133 Å². The van der Waals surface area contributed by atoms with E-state index in [0.717, 1.165) is 11.8 Å². The number of hydrogen-bond donors (Lipinski definition) is 4. The quantitative estimate of drug-likeness (QED) is 0.281. The van der Waals surface area contributed by atoms with E-state index in [9.17, 15) is 24.3 Å². The lowest BCUT2D eigenvalue weighted by atomic mass is 9.87. The summed E-state index contributed by atoms with van der Waals surface area (Å²) in [5.41, 5.74) is -0.965. The standard InChI is InChI=1S/C16H28N2O6S/c1-10(11(2)20)15(24)25-8-7-17-12(21)5-6-18-14(23)13(22)16(3,4)9-19/h10,13,19,22H,5-9H2,1-4H3,(H,17,21)(H,18,23)/t10?,13-/m0/s1. The van der Waals surface area contributed by atoms with Crippen molar-refractivity contribution >= 4 is 34.5 Å². The molecule has 2 atom stereocenters. The van der Waals surface area contributed by atoms with Crippen molar-refractivity contribution in [2.45, 2.75) is 40.2 Å². The van der Waals surface area contributed by atoms with Crippen molar-refractivity contribution in [3.63, 3.8) is 0 Å². The second kappa shape index (κ2) is 11.2. The lowest BCUT2D eigenvalue weighted by molar-refractivity contribution is -0.137. The van der Waals surface area contributed by atoms with Crippen LogP contribution in [-0.2, 0) is 19.2 Å². The zero-order chi connectivity index (χ0) is 19.6. The second-order valence-corrected chi connectivity index (χ2v) is 7.54.